The van der Waals surface area contributed by atoms with Gasteiger partial charge in [-0.15, -0.1) is 5.06 Å². The number of unbranched alkanes of at least 4 members (excludes halogenated alkanes) is 1. The van der Waals surface area contributed by atoms with E-state index in [2.05, 4.69) is 6.92 Å². The van der Waals surface area contributed by atoms with Crippen molar-refractivity contribution in [2.24, 2.45) is 5.41 Å². The SMILES string of the molecule is CCCCC(C(=O)Oc1ccccc1)(c1ccccc1)C(C)(C)C(=O)ON(C)C. The van der Waals surface area contributed by atoms with Crippen LogP contribution in [0.15, 0.2) is 60.7 Å². The number of carbonyl (C=O) groups is 2. The highest BCUT2D eigenvalue weighted by Gasteiger charge is 2.58. The summed E-state index contributed by atoms with van der Waals surface area (Å²) in [5.74, 6) is -0.484. The summed E-state index contributed by atoms with van der Waals surface area (Å²) in [5, 5.41) is 1.35. The molecule has 0 N–H and O–H groups in total. The van der Waals surface area contributed by atoms with Crippen molar-refractivity contribution in [1.82, 2.24) is 5.06 Å². The number of hydrogen-bond acceptors (Lipinski definition) is 5. The molecule has 0 heterocycles. The lowest BCUT2D eigenvalue weighted by Gasteiger charge is -2.43. The second-order valence-corrected chi connectivity index (χ2v) is 7.89. The summed E-state index contributed by atoms with van der Waals surface area (Å²) >= 11 is 0. The van der Waals surface area contributed by atoms with Gasteiger partial charge in [-0.1, -0.05) is 68.3 Å². The Hall–Kier alpha value is -2.66. The second kappa shape index (κ2) is 9.70. The molecule has 2 rings (SSSR count). The number of para-hydroxylation sites is 1. The van der Waals surface area contributed by atoms with Crippen LogP contribution in [0.5, 0.6) is 5.75 Å². The maximum absolute atomic E-state index is 13.7. The summed E-state index contributed by atoms with van der Waals surface area (Å²) < 4.78 is 5.81. The zero-order chi connectivity index (χ0) is 21.5. The molecule has 5 nitrogen and oxygen atoms in total. The van der Waals surface area contributed by atoms with Crippen LogP contribution in [-0.4, -0.2) is 31.1 Å². The van der Waals surface area contributed by atoms with Crippen molar-refractivity contribution in [3.05, 3.63) is 66.2 Å². The van der Waals surface area contributed by atoms with Crippen LogP contribution in [0.4, 0.5) is 0 Å². The molecule has 156 valence electrons. The molecule has 1 atom stereocenters. The predicted molar refractivity (Wildman–Crippen MR) is 113 cm³/mol. The minimum Gasteiger partial charge on any atom is -0.426 e. The van der Waals surface area contributed by atoms with Crippen molar-refractivity contribution in [1.29, 1.82) is 0 Å². The fraction of sp³-hybridized carbons (Fsp3) is 0.417. The van der Waals surface area contributed by atoms with E-state index in [1.54, 1.807) is 40.1 Å². The first kappa shape index (κ1) is 22.6. The lowest BCUT2D eigenvalue weighted by molar-refractivity contribution is -0.196. The first-order valence-electron chi connectivity index (χ1n) is 9.98. The molecule has 0 spiro atoms. The van der Waals surface area contributed by atoms with E-state index >= 15 is 0 Å². The zero-order valence-electron chi connectivity index (χ0n) is 18.0. The Morgan fingerprint density at radius 1 is 0.897 bits per heavy atom. The maximum atomic E-state index is 13.7. The summed E-state index contributed by atoms with van der Waals surface area (Å²) in [4.78, 5) is 32.3. The molecule has 5 heteroatoms. The standard InChI is InChI=1S/C24H31NO4/c1-6-7-18-24(19-14-10-8-11-15-19,23(2,3)21(26)29-25(4)5)22(27)28-20-16-12-9-13-17-20/h8-17H,6-7,18H2,1-5H3. The molecule has 0 aromatic heterocycles. The molecular weight excluding hydrogens is 366 g/mol. The Morgan fingerprint density at radius 2 is 1.45 bits per heavy atom. The molecule has 0 saturated carbocycles. The minimum atomic E-state index is -1.20. The molecule has 0 radical (unpaired) electrons. The van der Waals surface area contributed by atoms with Crippen LogP contribution in [0.25, 0.3) is 0 Å². The molecular formula is C24H31NO4. The van der Waals surface area contributed by atoms with E-state index in [0.717, 1.165) is 18.4 Å². The van der Waals surface area contributed by atoms with Gasteiger partial charge >= 0.3 is 11.9 Å². The molecule has 0 amide bonds. The molecule has 0 aliphatic heterocycles. The van der Waals surface area contributed by atoms with E-state index in [-0.39, 0.29) is 0 Å². The summed E-state index contributed by atoms with van der Waals surface area (Å²) in [7, 11) is 3.29. The summed E-state index contributed by atoms with van der Waals surface area (Å²) in [6.07, 6.45) is 2.11. The van der Waals surface area contributed by atoms with E-state index in [9.17, 15) is 9.59 Å². The Labute approximate surface area is 173 Å². The topological polar surface area (TPSA) is 55.8 Å². The van der Waals surface area contributed by atoms with Crippen LogP contribution in [0.2, 0.25) is 0 Å². The fourth-order valence-corrected chi connectivity index (χ4v) is 3.59. The van der Waals surface area contributed by atoms with Gasteiger partial charge in [-0.25, -0.2) is 4.79 Å². The van der Waals surface area contributed by atoms with Gasteiger partial charge < -0.3 is 9.57 Å². The Kier molecular flexibility index (Phi) is 7.57. The van der Waals surface area contributed by atoms with Crippen molar-refractivity contribution in [2.75, 3.05) is 14.1 Å². The van der Waals surface area contributed by atoms with Gasteiger partial charge in [0.1, 0.15) is 11.2 Å². The first-order valence-corrected chi connectivity index (χ1v) is 9.98. The van der Waals surface area contributed by atoms with E-state index in [1.807, 2.05) is 48.5 Å². The predicted octanol–water partition coefficient (Wildman–Crippen LogP) is 4.77. The summed E-state index contributed by atoms with van der Waals surface area (Å²) in [5.41, 5.74) is -1.62. The normalized spacial score (nSPS) is 13.6. The molecule has 2 aromatic rings. The van der Waals surface area contributed by atoms with Crippen molar-refractivity contribution in [3.8, 4) is 5.75 Å². The number of ether oxygens (including phenoxy) is 1. The lowest BCUT2D eigenvalue weighted by Crippen LogP contribution is -2.55. The maximum Gasteiger partial charge on any atom is 0.332 e. The van der Waals surface area contributed by atoms with Crippen molar-refractivity contribution >= 4 is 11.9 Å². The number of benzene rings is 2. The lowest BCUT2D eigenvalue weighted by atomic mass is 9.59. The van der Waals surface area contributed by atoms with Gasteiger partial charge in [0, 0.05) is 14.1 Å². The smallest absolute Gasteiger partial charge is 0.332 e. The van der Waals surface area contributed by atoms with Crippen LogP contribution in [-0.2, 0) is 19.8 Å². The van der Waals surface area contributed by atoms with Gasteiger partial charge in [-0.05, 0) is 38.0 Å². The first-order chi connectivity index (χ1) is 13.8. The van der Waals surface area contributed by atoms with Crippen molar-refractivity contribution in [2.45, 2.75) is 45.4 Å². The molecule has 1 unspecified atom stereocenters. The molecule has 0 bridgehead atoms. The molecule has 0 fully saturated rings. The number of esters is 1. The van der Waals surface area contributed by atoms with Crippen LogP contribution in [0.1, 0.15) is 45.6 Å². The number of carbonyl (C=O) groups excluding carboxylic acids is 2. The van der Waals surface area contributed by atoms with Crippen LogP contribution < -0.4 is 4.74 Å². The monoisotopic (exact) mass is 397 g/mol. The molecule has 0 aliphatic rings. The van der Waals surface area contributed by atoms with E-state index < -0.39 is 22.8 Å². The van der Waals surface area contributed by atoms with E-state index in [4.69, 9.17) is 9.57 Å². The third-order valence-electron chi connectivity index (χ3n) is 5.32. The number of nitrogens with zero attached hydrogens (tertiary/aromatic N) is 1. The third-order valence-corrected chi connectivity index (χ3v) is 5.32. The van der Waals surface area contributed by atoms with E-state index in [0.29, 0.717) is 12.2 Å². The van der Waals surface area contributed by atoms with Crippen LogP contribution in [0.3, 0.4) is 0 Å². The second-order valence-electron chi connectivity index (χ2n) is 7.89. The Bertz CT molecular complexity index is 802. The highest BCUT2D eigenvalue weighted by Crippen LogP contribution is 2.48. The number of hydroxylamine groups is 2. The van der Waals surface area contributed by atoms with Crippen molar-refractivity contribution < 1.29 is 19.2 Å². The average molecular weight is 398 g/mol. The Balaban J connectivity index is 2.63. The van der Waals surface area contributed by atoms with Gasteiger partial charge in [0.15, 0.2) is 0 Å². The van der Waals surface area contributed by atoms with Crippen molar-refractivity contribution in [3.63, 3.8) is 0 Å². The zero-order valence-corrected chi connectivity index (χ0v) is 18.0. The molecule has 29 heavy (non-hydrogen) atoms. The highest BCUT2D eigenvalue weighted by atomic mass is 16.7. The average Bonchev–Trinajstić information content (AvgIpc) is 2.69. The molecule has 0 aliphatic carbocycles. The van der Waals surface area contributed by atoms with Gasteiger partial charge in [0.25, 0.3) is 0 Å². The fourth-order valence-electron chi connectivity index (χ4n) is 3.59. The van der Waals surface area contributed by atoms with Gasteiger partial charge in [-0.2, -0.15) is 0 Å². The van der Waals surface area contributed by atoms with Crippen LogP contribution in [0, 0.1) is 5.41 Å². The summed E-state index contributed by atoms with van der Waals surface area (Å²) in [6, 6.07) is 18.3. The van der Waals surface area contributed by atoms with Gasteiger partial charge in [0.2, 0.25) is 0 Å². The number of hydrogen-bond donors (Lipinski definition) is 0. The van der Waals surface area contributed by atoms with E-state index in [1.165, 1.54) is 5.06 Å². The molecule has 2 aromatic carbocycles. The minimum absolute atomic E-state index is 0.450. The third kappa shape index (κ3) is 4.85. The van der Waals surface area contributed by atoms with Gasteiger partial charge in [-0.3, -0.25) is 4.79 Å². The van der Waals surface area contributed by atoms with Crippen LogP contribution >= 0.6 is 0 Å². The highest BCUT2D eigenvalue weighted by molar-refractivity contribution is 5.93. The molecule has 0 saturated heterocycles. The quantitative estimate of drug-likeness (QED) is 0.347. The summed E-state index contributed by atoms with van der Waals surface area (Å²) in [6.45, 7) is 5.57. The Morgan fingerprint density at radius 3 is 1.97 bits per heavy atom. The van der Waals surface area contributed by atoms with Gasteiger partial charge in [0.05, 0.1) is 5.41 Å². The largest absolute Gasteiger partial charge is 0.426 e. The number of rotatable bonds is 9.